The van der Waals surface area contributed by atoms with Crippen LogP contribution in [0.25, 0.3) is 11.4 Å². The largest absolute Gasteiger partial charge is 0.302 e. The van der Waals surface area contributed by atoms with Gasteiger partial charge in [-0.3, -0.25) is 0 Å². The predicted octanol–water partition coefficient (Wildman–Crippen LogP) is 6.87. The van der Waals surface area contributed by atoms with Gasteiger partial charge < -0.3 is 4.57 Å². The second-order valence-electron chi connectivity index (χ2n) is 5.20. The number of halogens is 4. The second kappa shape index (κ2) is 8.19. The molecule has 0 N–H and O–H groups in total. The van der Waals surface area contributed by atoms with Crippen molar-refractivity contribution in [2.45, 2.75) is 24.4 Å². The SMILES string of the molecule is CCn1c(SCc2ccc(Cl)cc2Cl)nnc1-c1ccc(Cl)cc1Cl. The van der Waals surface area contributed by atoms with E-state index in [-0.39, 0.29) is 0 Å². The molecule has 130 valence electrons. The van der Waals surface area contributed by atoms with E-state index in [4.69, 9.17) is 46.4 Å². The molecule has 1 aromatic heterocycles. The van der Waals surface area contributed by atoms with Gasteiger partial charge in [-0.2, -0.15) is 0 Å². The van der Waals surface area contributed by atoms with Crippen LogP contribution in [0.3, 0.4) is 0 Å². The van der Waals surface area contributed by atoms with Gasteiger partial charge in [-0.25, -0.2) is 0 Å². The molecule has 0 aliphatic carbocycles. The van der Waals surface area contributed by atoms with Gasteiger partial charge in [-0.05, 0) is 42.8 Å². The highest BCUT2D eigenvalue weighted by Gasteiger charge is 2.16. The minimum atomic E-state index is 0.548. The maximum Gasteiger partial charge on any atom is 0.191 e. The van der Waals surface area contributed by atoms with Crippen LogP contribution < -0.4 is 0 Å². The van der Waals surface area contributed by atoms with Gasteiger partial charge in [0.05, 0.1) is 5.02 Å². The Kier molecular flexibility index (Phi) is 6.18. The highest BCUT2D eigenvalue weighted by atomic mass is 35.5. The number of benzene rings is 2. The monoisotopic (exact) mass is 431 g/mol. The first-order valence-corrected chi connectivity index (χ1v) is 9.94. The maximum atomic E-state index is 6.31. The molecular weight excluding hydrogens is 420 g/mol. The number of aromatic nitrogens is 3. The Morgan fingerprint density at radius 2 is 1.60 bits per heavy atom. The standard InChI is InChI=1S/C17H13Cl4N3S/c1-2-24-16(13-6-5-12(19)8-15(13)21)22-23-17(24)25-9-10-3-4-11(18)7-14(10)20/h3-8H,2,9H2,1H3. The third kappa shape index (κ3) is 4.26. The van der Waals surface area contributed by atoms with Crippen molar-refractivity contribution in [1.82, 2.24) is 14.8 Å². The van der Waals surface area contributed by atoms with Gasteiger partial charge in [0, 0.05) is 32.9 Å². The lowest BCUT2D eigenvalue weighted by molar-refractivity contribution is 0.687. The third-order valence-electron chi connectivity index (χ3n) is 3.58. The first-order chi connectivity index (χ1) is 12.0. The van der Waals surface area contributed by atoms with Crippen molar-refractivity contribution >= 4 is 58.2 Å². The van der Waals surface area contributed by atoms with E-state index >= 15 is 0 Å². The highest BCUT2D eigenvalue weighted by molar-refractivity contribution is 7.98. The average Bonchev–Trinajstić information content (AvgIpc) is 2.96. The van der Waals surface area contributed by atoms with E-state index in [1.54, 1.807) is 30.0 Å². The number of thioether (sulfide) groups is 1. The lowest BCUT2D eigenvalue weighted by Crippen LogP contribution is -2.00. The van der Waals surface area contributed by atoms with Gasteiger partial charge in [-0.1, -0.05) is 64.2 Å². The molecule has 2 aromatic carbocycles. The van der Waals surface area contributed by atoms with Crippen LogP contribution in [-0.4, -0.2) is 14.8 Å². The minimum Gasteiger partial charge on any atom is -0.302 e. The molecule has 0 atom stereocenters. The van der Waals surface area contributed by atoms with Crippen molar-refractivity contribution in [3.63, 3.8) is 0 Å². The van der Waals surface area contributed by atoms with Crippen LogP contribution in [0.4, 0.5) is 0 Å². The Bertz CT molecular complexity index is 911. The smallest absolute Gasteiger partial charge is 0.191 e. The summed E-state index contributed by atoms with van der Waals surface area (Å²) in [7, 11) is 0. The summed E-state index contributed by atoms with van der Waals surface area (Å²) >= 11 is 26.0. The Morgan fingerprint density at radius 3 is 2.24 bits per heavy atom. The van der Waals surface area contributed by atoms with Crippen molar-refractivity contribution in [3.05, 3.63) is 62.1 Å². The zero-order valence-electron chi connectivity index (χ0n) is 13.1. The van der Waals surface area contributed by atoms with Crippen LogP contribution in [0.2, 0.25) is 20.1 Å². The molecule has 0 saturated heterocycles. The molecule has 0 aliphatic heterocycles. The number of nitrogens with zero attached hydrogens (tertiary/aromatic N) is 3. The summed E-state index contributed by atoms with van der Waals surface area (Å²) in [5.41, 5.74) is 1.80. The zero-order valence-corrected chi connectivity index (χ0v) is 17.0. The molecule has 3 nitrogen and oxygen atoms in total. The Hall–Kier alpha value is -0.910. The first kappa shape index (κ1) is 18.9. The molecule has 3 rings (SSSR count). The fourth-order valence-corrected chi connectivity index (χ4v) is 4.39. The van der Waals surface area contributed by atoms with Crippen LogP contribution in [-0.2, 0) is 12.3 Å². The molecule has 0 spiro atoms. The van der Waals surface area contributed by atoms with E-state index in [0.29, 0.717) is 31.7 Å². The summed E-state index contributed by atoms with van der Waals surface area (Å²) in [5, 5.41) is 11.8. The first-order valence-electron chi connectivity index (χ1n) is 7.45. The quantitative estimate of drug-likeness (QED) is 0.412. The van der Waals surface area contributed by atoms with Gasteiger partial charge in [0.15, 0.2) is 11.0 Å². The molecule has 0 amide bonds. The molecule has 0 saturated carbocycles. The van der Waals surface area contributed by atoms with Gasteiger partial charge in [0.1, 0.15) is 0 Å². The molecule has 0 radical (unpaired) electrons. The van der Waals surface area contributed by atoms with E-state index in [1.165, 1.54) is 0 Å². The van der Waals surface area contributed by atoms with E-state index in [9.17, 15) is 0 Å². The summed E-state index contributed by atoms with van der Waals surface area (Å²) in [6.07, 6.45) is 0. The van der Waals surface area contributed by atoms with Gasteiger partial charge in [0.2, 0.25) is 0 Å². The van der Waals surface area contributed by atoms with Crippen molar-refractivity contribution in [2.75, 3.05) is 0 Å². The van der Waals surface area contributed by atoms with E-state index in [0.717, 1.165) is 22.8 Å². The third-order valence-corrected chi connectivity index (χ3v) is 5.73. The highest BCUT2D eigenvalue weighted by Crippen LogP contribution is 2.33. The fraction of sp³-hybridized carbons (Fsp3) is 0.176. The van der Waals surface area contributed by atoms with Crippen LogP contribution in [0.15, 0.2) is 41.6 Å². The summed E-state index contributed by atoms with van der Waals surface area (Å²) in [6, 6.07) is 10.8. The Labute approximate surface area is 170 Å². The number of hydrogen-bond donors (Lipinski definition) is 0. The normalized spacial score (nSPS) is 11.1. The van der Waals surface area contributed by atoms with Crippen molar-refractivity contribution in [3.8, 4) is 11.4 Å². The topological polar surface area (TPSA) is 30.7 Å². The number of hydrogen-bond acceptors (Lipinski definition) is 3. The van der Waals surface area contributed by atoms with E-state index < -0.39 is 0 Å². The summed E-state index contributed by atoms with van der Waals surface area (Å²) in [5.74, 6) is 1.39. The van der Waals surface area contributed by atoms with Crippen LogP contribution in [0, 0.1) is 0 Å². The van der Waals surface area contributed by atoms with Gasteiger partial charge >= 0.3 is 0 Å². The van der Waals surface area contributed by atoms with Crippen LogP contribution in [0.1, 0.15) is 12.5 Å². The molecule has 3 aromatic rings. The van der Waals surface area contributed by atoms with Crippen LogP contribution in [0.5, 0.6) is 0 Å². The molecule has 0 bridgehead atoms. The van der Waals surface area contributed by atoms with Crippen molar-refractivity contribution in [1.29, 1.82) is 0 Å². The van der Waals surface area contributed by atoms with E-state index in [2.05, 4.69) is 10.2 Å². The Morgan fingerprint density at radius 1 is 0.920 bits per heavy atom. The summed E-state index contributed by atoms with van der Waals surface area (Å²) in [6.45, 7) is 2.76. The molecule has 0 unspecified atom stereocenters. The van der Waals surface area contributed by atoms with Crippen LogP contribution >= 0.6 is 58.2 Å². The minimum absolute atomic E-state index is 0.548. The second-order valence-corrected chi connectivity index (χ2v) is 7.83. The number of rotatable bonds is 5. The molecular formula is C17H13Cl4N3S. The van der Waals surface area contributed by atoms with Crippen molar-refractivity contribution < 1.29 is 0 Å². The maximum absolute atomic E-state index is 6.31. The molecule has 25 heavy (non-hydrogen) atoms. The molecule has 1 heterocycles. The average molecular weight is 433 g/mol. The molecule has 0 aliphatic rings. The van der Waals surface area contributed by atoms with Gasteiger partial charge in [0.25, 0.3) is 0 Å². The summed E-state index contributed by atoms with van der Waals surface area (Å²) < 4.78 is 2.02. The lowest BCUT2D eigenvalue weighted by Gasteiger charge is -2.09. The molecule has 0 fully saturated rings. The van der Waals surface area contributed by atoms with E-state index in [1.807, 2.05) is 29.7 Å². The predicted molar refractivity (Wildman–Crippen MR) is 107 cm³/mol. The lowest BCUT2D eigenvalue weighted by atomic mass is 10.2. The van der Waals surface area contributed by atoms with Gasteiger partial charge in [-0.15, -0.1) is 10.2 Å². The fourth-order valence-electron chi connectivity index (χ4n) is 2.33. The Balaban J connectivity index is 1.87. The zero-order chi connectivity index (χ0) is 18.0. The summed E-state index contributed by atoms with van der Waals surface area (Å²) in [4.78, 5) is 0. The van der Waals surface area contributed by atoms with Crippen molar-refractivity contribution in [2.24, 2.45) is 0 Å². The molecule has 8 heteroatoms.